The van der Waals surface area contributed by atoms with Crippen LogP contribution < -0.4 is 16.4 Å². The van der Waals surface area contributed by atoms with Crippen molar-refractivity contribution in [3.63, 3.8) is 0 Å². The molecule has 5 nitrogen and oxygen atoms in total. The molecule has 0 radical (unpaired) electrons. The van der Waals surface area contributed by atoms with Gasteiger partial charge in [0.2, 0.25) is 0 Å². The smallest absolute Gasteiger partial charge is 0.409 e. The van der Waals surface area contributed by atoms with E-state index in [0.717, 1.165) is 18.5 Å². The van der Waals surface area contributed by atoms with E-state index in [1.807, 2.05) is 6.07 Å². The lowest BCUT2D eigenvalue weighted by atomic mass is 9.63. The van der Waals surface area contributed by atoms with E-state index in [1.165, 1.54) is 6.42 Å². The monoisotopic (exact) mass is 305 g/mol. The Kier molecular flexibility index (Phi) is 4.27. The second kappa shape index (κ2) is 5.71. The van der Waals surface area contributed by atoms with Crippen LogP contribution >= 0.6 is 0 Å². The normalized spacial score (nSPS) is 20.4. The SMILES string of the molecule is CC1(C)CC(Nc2ccc(NC(=O)O)cc2N)CC(C)(C)C1. The third kappa shape index (κ3) is 4.29. The van der Waals surface area contributed by atoms with Crippen LogP contribution in [-0.4, -0.2) is 17.2 Å². The molecular weight excluding hydrogens is 278 g/mol. The molecule has 2 rings (SSSR count). The molecule has 0 bridgehead atoms. The van der Waals surface area contributed by atoms with Gasteiger partial charge in [-0.3, -0.25) is 5.32 Å². The van der Waals surface area contributed by atoms with Crippen LogP contribution in [-0.2, 0) is 0 Å². The maximum Gasteiger partial charge on any atom is 0.409 e. The largest absolute Gasteiger partial charge is 0.465 e. The Balaban J connectivity index is 2.11. The van der Waals surface area contributed by atoms with Gasteiger partial charge in [0.05, 0.1) is 11.4 Å². The summed E-state index contributed by atoms with van der Waals surface area (Å²) in [5.74, 6) is 0. The van der Waals surface area contributed by atoms with Crippen molar-refractivity contribution in [1.29, 1.82) is 0 Å². The number of hydrogen-bond donors (Lipinski definition) is 4. The molecule has 1 amide bonds. The molecule has 0 spiro atoms. The first-order valence-corrected chi connectivity index (χ1v) is 7.72. The Labute approximate surface area is 132 Å². The number of rotatable bonds is 3. The van der Waals surface area contributed by atoms with E-state index in [4.69, 9.17) is 10.8 Å². The maximum absolute atomic E-state index is 10.7. The topological polar surface area (TPSA) is 87.4 Å². The number of nitrogen functional groups attached to an aromatic ring is 1. The molecule has 0 saturated heterocycles. The highest BCUT2D eigenvalue weighted by molar-refractivity contribution is 5.85. The molecule has 0 heterocycles. The number of hydrogen-bond acceptors (Lipinski definition) is 3. The van der Waals surface area contributed by atoms with Gasteiger partial charge in [0, 0.05) is 11.7 Å². The molecule has 1 aromatic rings. The third-order valence-electron chi connectivity index (χ3n) is 4.22. The summed E-state index contributed by atoms with van der Waals surface area (Å²) in [6.45, 7) is 9.25. The van der Waals surface area contributed by atoms with Gasteiger partial charge in [-0.25, -0.2) is 4.79 Å². The number of nitrogens with two attached hydrogens (primary N) is 1. The van der Waals surface area contributed by atoms with Crippen LogP contribution in [0, 0.1) is 10.8 Å². The van der Waals surface area contributed by atoms with Crippen LogP contribution in [0.4, 0.5) is 21.9 Å². The van der Waals surface area contributed by atoms with Gasteiger partial charge in [-0.1, -0.05) is 27.7 Å². The summed E-state index contributed by atoms with van der Waals surface area (Å²) < 4.78 is 0. The average Bonchev–Trinajstić information content (AvgIpc) is 2.27. The summed E-state index contributed by atoms with van der Waals surface area (Å²) in [4.78, 5) is 10.7. The second-order valence-corrected chi connectivity index (χ2v) is 7.99. The quantitative estimate of drug-likeness (QED) is 0.624. The van der Waals surface area contributed by atoms with Gasteiger partial charge in [0.25, 0.3) is 0 Å². The lowest BCUT2D eigenvalue weighted by Crippen LogP contribution is -2.40. The van der Waals surface area contributed by atoms with Crippen LogP contribution in [0.5, 0.6) is 0 Å². The lowest BCUT2D eigenvalue weighted by molar-refractivity contribution is 0.105. The molecule has 122 valence electrons. The standard InChI is InChI=1S/C17H27N3O2/c1-16(2)8-12(9-17(3,4)10-16)19-14-6-5-11(7-13(14)18)20-15(21)22/h5-7,12,19-20H,8-10,18H2,1-4H3,(H,21,22). The highest BCUT2D eigenvalue weighted by atomic mass is 16.4. The molecule has 0 atom stereocenters. The predicted molar refractivity (Wildman–Crippen MR) is 91.3 cm³/mol. The van der Waals surface area contributed by atoms with Crippen molar-refractivity contribution >= 4 is 23.2 Å². The Bertz CT molecular complexity index is 551. The van der Waals surface area contributed by atoms with Gasteiger partial charge in [0.15, 0.2) is 0 Å². The van der Waals surface area contributed by atoms with Gasteiger partial charge < -0.3 is 16.2 Å². The van der Waals surface area contributed by atoms with Crippen LogP contribution in [0.25, 0.3) is 0 Å². The summed E-state index contributed by atoms with van der Waals surface area (Å²) in [5.41, 5.74) is 8.58. The zero-order valence-corrected chi connectivity index (χ0v) is 13.9. The van der Waals surface area contributed by atoms with Crippen LogP contribution in [0.3, 0.4) is 0 Å². The summed E-state index contributed by atoms with van der Waals surface area (Å²) in [5, 5.41) is 14.6. The van der Waals surface area contributed by atoms with Crippen LogP contribution in [0.2, 0.25) is 0 Å². The molecule has 0 unspecified atom stereocenters. The van der Waals surface area contributed by atoms with Crippen molar-refractivity contribution < 1.29 is 9.90 Å². The summed E-state index contributed by atoms with van der Waals surface area (Å²) >= 11 is 0. The minimum absolute atomic E-state index is 0.305. The number of amides is 1. The fraction of sp³-hybridized carbons (Fsp3) is 0.588. The van der Waals surface area contributed by atoms with E-state index in [-0.39, 0.29) is 0 Å². The van der Waals surface area contributed by atoms with E-state index in [0.29, 0.717) is 28.2 Å². The molecule has 22 heavy (non-hydrogen) atoms. The van der Waals surface area contributed by atoms with Crippen molar-refractivity contribution in [1.82, 2.24) is 0 Å². The zero-order valence-electron chi connectivity index (χ0n) is 13.9. The maximum atomic E-state index is 10.7. The van der Waals surface area contributed by atoms with Gasteiger partial charge in [-0.15, -0.1) is 0 Å². The molecule has 1 aromatic carbocycles. The first-order valence-electron chi connectivity index (χ1n) is 7.72. The van der Waals surface area contributed by atoms with Crippen LogP contribution in [0.1, 0.15) is 47.0 Å². The van der Waals surface area contributed by atoms with E-state index in [9.17, 15) is 4.79 Å². The average molecular weight is 305 g/mol. The van der Waals surface area contributed by atoms with Gasteiger partial charge >= 0.3 is 6.09 Å². The Morgan fingerprint density at radius 3 is 2.32 bits per heavy atom. The Hall–Kier alpha value is -1.91. The van der Waals surface area contributed by atoms with Crippen molar-refractivity contribution in [2.24, 2.45) is 10.8 Å². The highest BCUT2D eigenvalue weighted by Crippen LogP contribution is 2.46. The van der Waals surface area contributed by atoms with Crippen molar-refractivity contribution in [2.75, 3.05) is 16.4 Å². The molecule has 5 heteroatoms. The molecular formula is C17H27N3O2. The summed E-state index contributed by atoms with van der Waals surface area (Å²) in [6, 6.07) is 5.59. The minimum atomic E-state index is -1.09. The zero-order chi connectivity index (χ0) is 16.5. The molecule has 1 fully saturated rings. The number of anilines is 3. The highest BCUT2D eigenvalue weighted by Gasteiger charge is 2.38. The first-order chi connectivity index (χ1) is 10.1. The number of benzene rings is 1. The van der Waals surface area contributed by atoms with Crippen molar-refractivity contribution in [3.8, 4) is 0 Å². The molecule has 0 aromatic heterocycles. The molecule has 1 saturated carbocycles. The number of carboxylic acid groups (broad SMARTS) is 1. The number of carbonyl (C=O) groups is 1. The van der Waals surface area contributed by atoms with Crippen molar-refractivity contribution in [3.05, 3.63) is 18.2 Å². The summed E-state index contributed by atoms with van der Waals surface area (Å²) in [6.07, 6.45) is 2.33. The van der Waals surface area contributed by atoms with E-state index >= 15 is 0 Å². The second-order valence-electron chi connectivity index (χ2n) is 7.99. The predicted octanol–water partition coefficient (Wildman–Crippen LogP) is 4.38. The van der Waals surface area contributed by atoms with Gasteiger partial charge in [0.1, 0.15) is 0 Å². The van der Waals surface area contributed by atoms with E-state index in [1.54, 1.807) is 12.1 Å². The van der Waals surface area contributed by atoms with Gasteiger partial charge in [-0.2, -0.15) is 0 Å². The lowest BCUT2D eigenvalue weighted by Gasteiger charge is -2.45. The summed E-state index contributed by atoms with van der Waals surface area (Å²) in [7, 11) is 0. The van der Waals surface area contributed by atoms with Crippen molar-refractivity contribution in [2.45, 2.75) is 53.0 Å². The first kappa shape index (κ1) is 16.5. The third-order valence-corrected chi connectivity index (χ3v) is 4.22. The molecule has 1 aliphatic rings. The fourth-order valence-electron chi connectivity index (χ4n) is 4.06. The van der Waals surface area contributed by atoms with E-state index < -0.39 is 6.09 Å². The molecule has 5 N–H and O–H groups in total. The van der Waals surface area contributed by atoms with Crippen LogP contribution in [0.15, 0.2) is 18.2 Å². The fourth-order valence-corrected chi connectivity index (χ4v) is 4.06. The minimum Gasteiger partial charge on any atom is -0.465 e. The van der Waals surface area contributed by atoms with E-state index in [2.05, 4.69) is 38.3 Å². The Morgan fingerprint density at radius 2 is 1.82 bits per heavy atom. The number of nitrogens with one attached hydrogen (secondary N) is 2. The Morgan fingerprint density at radius 1 is 1.23 bits per heavy atom. The molecule has 1 aliphatic carbocycles. The van der Waals surface area contributed by atoms with Gasteiger partial charge in [-0.05, 0) is 48.3 Å². The molecule has 0 aliphatic heterocycles.